The van der Waals surface area contributed by atoms with Crippen LogP contribution in [0.25, 0.3) is 0 Å². The van der Waals surface area contributed by atoms with E-state index in [9.17, 15) is 14.9 Å². The van der Waals surface area contributed by atoms with E-state index in [0.29, 0.717) is 31.9 Å². The van der Waals surface area contributed by atoms with Crippen molar-refractivity contribution in [3.63, 3.8) is 0 Å². The van der Waals surface area contributed by atoms with E-state index in [-0.39, 0.29) is 11.6 Å². The largest absolute Gasteiger partial charge is 0.362 e. The first-order chi connectivity index (χ1) is 9.50. The van der Waals surface area contributed by atoms with Crippen molar-refractivity contribution in [2.45, 2.75) is 13.0 Å². The average Bonchev–Trinajstić information content (AvgIpc) is 2.46. The van der Waals surface area contributed by atoms with Gasteiger partial charge in [0, 0.05) is 32.4 Å². The second kappa shape index (κ2) is 5.83. The predicted octanol–water partition coefficient (Wildman–Crippen LogP) is -0.0144. The first-order valence-electron chi connectivity index (χ1n) is 6.38. The highest BCUT2D eigenvalue weighted by Gasteiger charge is 2.26. The minimum absolute atomic E-state index is 0.0144. The molecule has 20 heavy (non-hydrogen) atoms. The van der Waals surface area contributed by atoms with Gasteiger partial charge in [-0.25, -0.2) is 0 Å². The van der Waals surface area contributed by atoms with Crippen molar-refractivity contribution in [2.24, 2.45) is 5.73 Å². The molecule has 2 N–H and O–H groups in total. The summed E-state index contributed by atoms with van der Waals surface area (Å²) in [5.74, 6) is -0.0890. The van der Waals surface area contributed by atoms with Crippen molar-refractivity contribution >= 4 is 17.3 Å². The number of piperazine rings is 1. The zero-order valence-electron chi connectivity index (χ0n) is 11.2. The first kappa shape index (κ1) is 14.2. The maximum atomic E-state index is 11.8. The van der Waals surface area contributed by atoms with Gasteiger partial charge < -0.3 is 15.5 Å². The van der Waals surface area contributed by atoms with Crippen molar-refractivity contribution in [3.05, 3.63) is 28.6 Å². The summed E-state index contributed by atoms with van der Waals surface area (Å²) in [5.41, 5.74) is 6.10. The molecule has 1 aromatic heterocycles. The minimum atomic E-state index is -0.517. The standard InChI is InChI=1S/C12H17N5O3/c1-9(13)12(18)16-6-4-15(5-7-16)10-2-3-14-8-11(10)17(19)20/h2-3,8-9H,4-7,13H2,1H3/t9-/m1/s1. The normalized spacial score (nSPS) is 16.9. The van der Waals surface area contributed by atoms with E-state index in [2.05, 4.69) is 4.98 Å². The lowest BCUT2D eigenvalue weighted by molar-refractivity contribution is -0.384. The van der Waals surface area contributed by atoms with Gasteiger partial charge in [-0.15, -0.1) is 0 Å². The van der Waals surface area contributed by atoms with Crippen molar-refractivity contribution in [2.75, 3.05) is 31.1 Å². The van der Waals surface area contributed by atoms with Gasteiger partial charge in [-0.05, 0) is 13.0 Å². The highest BCUT2D eigenvalue weighted by atomic mass is 16.6. The molecule has 1 atom stereocenters. The molecular formula is C12H17N5O3. The SMILES string of the molecule is C[C@@H](N)C(=O)N1CCN(c2ccncc2[N+](=O)[O-])CC1. The number of nitrogens with two attached hydrogens (primary N) is 1. The predicted molar refractivity (Wildman–Crippen MR) is 73.3 cm³/mol. The third-order valence-electron chi connectivity index (χ3n) is 3.30. The van der Waals surface area contributed by atoms with E-state index < -0.39 is 11.0 Å². The van der Waals surface area contributed by atoms with Gasteiger partial charge in [-0.1, -0.05) is 0 Å². The molecule has 1 fully saturated rings. The lowest BCUT2D eigenvalue weighted by Gasteiger charge is -2.36. The smallest absolute Gasteiger partial charge is 0.310 e. The number of aromatic nitrogens is 1. The summed E-state index contributed by atoms with van der Waals surface area (Å²) in [6, 6.07) is 1.11. The Kier molecular flexibility index (Phi) is 4.14. The monoisotopic (exact) mass is 279 g/mol. The molecule has 0 saturated carbocycles. The lowest BCUT2D eigenvalue weighted by Crippen LogP contribution is -2.52. The highest BCUT2D eigenvalue weighted by molar-refractivity contribution is 5.81. The molecule has 0 aliphatic carbocycles. The van der Waals surface area contributed by atoms with Crippen LogP contribution in [-0.2, 0) is 4.79 Å². The Labute approximate surface area is 116 Å². The van der Waals surface area contributed by atoms with Crippen LogP contribution in [0, 0.1) is 10.1 Å². The molecule has 108 valence electrons. The number of rotatable bonds is 3. The van der Waals surface area contributed by atoms with Gasteiger partial charge >= 0.3 is 5.69 Å². The number of hydrogen-bond donors (Lipinski definition) is 1. The van der Waals surface area contributed by atoms with Crippen LogP contribution in [0.3, 0.4) is 0 Å². The van der Waals surface area contributed by atoms with Gasteiger partial charge in [0.05, 0.1) is 11.0 Å². The molecule has 2 rings (SSSR count). The molecule has 2 heterocycles. The molecular weight excluding hydrogens is 262 g/mol. The second-order valence-corrected chi connectivity index (χ2v) is 4.72. The summed E-state index contributed by atoms with van der Waals surface area (Å²) in [4.78, 5) is 29.7. The number of carbonyl (C=O) groups is 1. The Morgan fingerprint density at radius 1 is 1.45 bits per heavy atom. The quantitative estimate of drug-likeness (QED) is 0.616. The molecule has 0 radical (unpaired) electrons. The van der Waals surface area contributed by atoms with Crippen LogP contribution in [0.1, 0.15) is 6.92 Å². The van der Waals surface area contributed by atoms with Gasteiger partial charge in [-0.2, -0.15) is 0 Å². The van der Waals surface area contributed by atoms with Crippen LogP contribution in [0.15, 0.2) is 18.5 Å². The van der Waals surface area contributed by atoms with Crippen LogP contribution < -0.4 is 10.6 Å². The maximum Gasteiger partial charge on any atom is 0.310 e. The molecule has 1 aromatic rings. The van der Waals surface area contributed by atoms with E-state index in [1.807, 2.05) is 4.90 Å². The van der Waals surface area contributed by atoms with E-state index in [4.69, 9.17) is 5.73 Å². The number of carbonyl (C=O) groups excluding carboxylic acids is 1. The zero-order chi connectivity index (χ0) is 14.7. The molecule has 1 aliphatic rings. The Morgan fingerprint density at radius 3 is 2.65 bits per heavy atom. The van der Waals surface area contributed by atoms with Crippen LogP contribution in [0.4, 0.5) is 11.4 Å². The fraction of sp³-hybridized carbons (Fsp3) is 0.500. The van der Waals surface area contributed by atoms with E-state index in [0.717, 1.165) is 0 Å². The summed E-state index contributed by atoms with van der Waals surface area (Å²) in [6.07, 6.45) is 2.77. The molecule has 1 amide bonds. The van der Waals surface area contributed by atoms with Crippen LogP contribution in [-0.4, -0.2) is 52.9 Å². The van der Waals surface area contributed by atoms with Crippen molar-refractivity contribution in [3.8, 4) is 0 Å². The second-order valence-electron chi connectivity index (χ2n) is 4.72. The van der Waals surface area contributed by atoms with Gasteiger partial charge in [0.2, 0.25) is 5.91 Å². The Hall–Kier alpha value is -2.22. The number of nitrogens with zero attached hydrogens (tertiary/aromatic N) is 4. The van der Waals surface area contributed by atoms with Gasteiger partial charge in [0.1, 0.15) is 11.9 Å². The van der Waals surface area contributed by atoms with Crippen LogP contribution in [0.5, 0.6) is 0 Å². The summed E-state index contributed by atoms with van der Waals surface area (Å²) in [7, 11) is 0. The van der Waals surface area contributed by atoms with Gasteiger partial charge in [0.25, 0.3) is 0 Å². The highest BCUT2D eigenvalue weighted by Crippen LogP contribution is 2.27. The number of nitro groups is 1. The Balaban J connectivity index is 2.08. The molecule has 1 saturated heterocycles. The maximum absolute atomic E-state index is 11.8. The van der Waals surface area contributed by atoms with Crippen LogP contribution >= 0.6 is 0 Å². The lowest BCUT2D eigenvalue weighted by atomic mass is 10.2. The van der Waals surface area contributed by atoms with E-state index >= 15 is 0 Å². The molecule has 1 aliphatic heterocycles. The third kappa shape index (κ3) is 2.85. The van der Waals surface area contributed by atoms with Crippen molar-refractivity contribution in [1.29, 1.82) is 0 Å². The Morgan fingerprint density at radius 2 is 2.10 bits per heavy atom. The van der Waals surface area contributed by atoms with Crippen molar-refractivity contribution < 1.29 is 9.72 Å². The van der Waals surface area contributed by atoms with Crippen molar-refractivity contribution in [1.82, 2.24) is 9.88 Å². The third-order valence-corrected chi connectivity index (χ3v) is 3.30. The fourth-order valence-corrected chi connectivity index (χ4v) is 2.24. The molecule has 0 spiro atoms. The summed E-state index contributed by atoms with van der Waals surface area (Å²) in [6.45, 7) is 3.77. The topological polar surface area (TPSA) is 106 Å². The summed E-state index contributed by atoms with van der Waals surface area (Å²) >= 11 is 0. The molecule has 8 nitrogen and oxygen atoms in total. The number of anilines is 1. The first-order valence-corrected chi connectivity index (χ1v) is 6.38. The van der Waals surface area contributed by atoms with E-state index in [1.54, 1.807) is 17.9 Å². The number of amides is 1. The zero-order valence-corrected chi connectivity index (χ0v) is 11.2. The van der Waals surface area contributed by atoms with Crippen LogP contribution in [0.2, 0.25) is 0 Å². The van der Waals surface area contributed by atoms with Gasteiger partial charge in [-0.3, -0.25) is 19.9 Å². The number of hydrogen-bond acceptors (Lipinski definition) is 6. The fourth-order valence-electron chi connectivity index (χ4n) is 2.24. The van der Waals surface area contributed by atoms with Gasteiger partial charge in [0.15, 0.2) is 0 Å². The molecule has 8 heteroatoms. The summed E-state index contributed by atoms with van der Waals surface area (Å²) in [5, 5.41) is 11.0. The average molecular weight is 279 g/mol. The Bertz CT molecular complexity index is 512. The van der Waals surface area contributed by atoms with E-state index in [1.165, 1.54) is 12.4 Å². The summed E-state index contributed by atoms with van der Waals surface area (Å²) < 4.78 is 0. The minimum Gasteiger partial charge on any atom is -0.362 e. The molecule has 0 aromatic carbocycles. The molecule has 0 bridgehead atoms. The number of pyridine rings is 1. The molecule has 0 unspecified atom stereocenters.